The first-order valence-corrected chi connectivity index (χ1v) is 5.68. The van der Waals surface area contributed by atoms with Crippen molar-refractivity contribution >= 4 is 0 Å². The van der Waals surface area contributed by atoms with Crippen molar-refractivity contribution in [1.82, 2.24) is 4.57 Å². The molecule has 1 aromatic rings. The average molecular weight is 218 g/mol. The van der Waals surface area contributed by atoms with E-state index >= 15 is 0 Å². The monoisotopic (exact) mass is 218 g/mol. The second kappa shape index (κ2) is 4.98. The number of nitrogens with zero attached hydrogens (tertiary/aromatic N) is 2. The van der Waals surface area contributed by atoms with Crippen molar-refractivity contribution in [3.63, 3.8) is 0 Å². The quantitative estimate of drug-likeness (QED) is 0.783. The number of pyridine rings is 1. The van der Waals surface area contributed by atoms with Crippen molar-refractivity contribution in [2.45, 2.75) is 46.1 Å². The van der Waals surface area contributed by atoms with Crippen LogP contribution < -0.4 is 5.56 Å². The van der Waals surface area contributed by atoms with Crippen molar-refractivity contribution in [3.05, 3.63) is 33.7 Å². The van der Waals surface area contributed by atoms with Crippen LogP contribution in [0.4, 0.5) is 0 Å². The molecule has 1 unspecified atom stereocenters. The first-order chi connectivity index (χ1) is 7.52. The Morgan fingerprint density at radius 3 is 2.44 bits per heavy atom. The van der Waals surface area contributed by atoms with Gasteiger partial charge in [0.05, 0.1) is 0 Å². The fourth-order valence-corrected chi connectivity index (χ4v) is 1.76. The highest BCUT2D eigenvalue weighted by molar-refractivity contribution is 5.29. The fourth-order valence-electron chi connectivity index (χ4n) is 1.76. The number of rotatable bonds is 3. The predicted molar refractivity (Wildman–Crippen MR) is 64.5 cm³/mol. The summed E-state index contributed by atoms with van der Waals surface area (Å²) in [4.78, 5) is 12.1. The Morgan fingerprint density at radius 2 is 2.00 bits per heavy atom. The summed E-state index contributed by atoms with van der Waals surface area (Å²) in [6.07, 6.45) is 0.883. The van der Waals surface area contributed by atoms with Gasteiger partial charge in [0.15, 0.2) is 0 Å². The molecule has 0 amide bonds. The summed E-state index contributed by atoms with van der Waals surface area (Å²) in [6.45, 7) is 8.16. The van der Waals surface area contributed by atoms with Crippen molar-refractivity contribution < 1.29 is 0 Å². The summed E-state index contributed by atoms with van der Waals surface area (Å²) in [5.74, 6) is 0.287. The van der Waals surface area contributed by atoms with Gasteiger partial charge in [-0.1, -0.05) is 20.8 Å². The molecular weight excluding hydrogens is 200 g/mol. The lowest BCUT2D eigenvalue weighted by Crippen LogP contribution is -2.28. The highest BCUT2D eigenvalue weighted by atomic mass is 16.1. The molecule has 1 atom stereocenters. The van der Waals surface area contributed by atoms with E-state index < -0.39 is 0 Å². The van der Waals surface area contributed by atoms with Crippen molar-refractivity contribution in [2.24, 2.45) is 0 Å². The predicted octanol–water partition coefficient (Wildman–Crippen LogP) is 2.81. The van der Waals surface area contributed by atoms with Crippen molar-refractivity contribution in [2.75, 3.05) is 0 Å². The molecule has 0 N–H and O–H groups in total. The first kappa shape index (κ1) is 12.5. The molecule has 0 bridgehead atoms. The minimum atomic E-state index is -0.164. The van der Waals surface area contributed by atoms with Crippen molar-refractivity contribution in [1.29, 1.82) is 5.26 Å². The minimum absolute atomic E-state index is 0.137. The van der Waals surface area contributed by atoms with E-state index in [-0.39, 0.29) is 23.1 Å². The summed E-state index contributed by atoms with van der Waals surface area (Å²) in [5, 5.41) is 8.86. The van der Waals surface area contributed by atoms with Gasteiger partial charge >= 0.3 is 0 Å². The Kier molecular flexibility index (Phi) is 3.89. The van der Waals surface area contributed by atoms with Crippen LogP contribution in [0.15, 0.2) is 16.9 Å². The molecule has 0 aromatic carbocycles. The third-order valence-corrected chi connectivity index (χ3v) is 2.89. The van der Waals surface area contributed by atoms with E-state index in [9.17, 15) is 4.79 Å². The van der Waals surface area contributed by atoms with Crippen LogP contribution in [0.5, 0.6) is 0 Å². The molecule has 1 rings (SSSR count). The van der Waals surface area contributed by atoms with E-state index in [4.69, 9.17) is 5.26 Å². The summed E-state index contributed by atoms with van der Waals surface area (Å²) < 4.78 is 1.75. The first-order valence-electron chi connectivity index (χ1n) is 5.68. The molecule has 0 aliphatic carbocycles. The minimum Gasteiger partial charge on any atom is -0.308 e. The van der Waals surface area contributed by atoms with Crippen LogP contribution in [0.3, 0.4) is 0 Å². The lowest BCUT2D eigenvalue weighted by Gasteiger charge is -2.20. The van der Waals surface area contributed by atoms with Crippen LogP contribution in [0.25, 0.3) is 0 Å². The Bertz CT molecular complexity index is 466. The fraction of sp³-hybridized carbons (Fsp3) is 0.538. The van der Waals surface area contributed by atoms with Gasteiger partial charge < -0.3 is 4.57 Å². The second-order valence-electron chi connectivity index (χ2n) is 4.37. The van der Waals surface area contributed by atoms with E-state index in [0.717, 1.165) is 12.1 Å². The molecule has 0 saturated heterocycles. The molecule has 0 aliphatic rings. The maximum absolute atomic E-state index is 12.1. The number of aromatic nitrogens is 1. The number of hydrogen-bond donors (Lipinski definition) is 0. The molecule has 0 radical (unpaired) electrons. The zero-order chi connectivity index (χ0) is 12.3. The van der Waals surface area contributed by atoms with Gasteiger partial charge in [-0.3, -0.25) is 4.79 Å². The molecule has 3 heteroatoms. The smallest absolute Gasteiger partial charge is 0.268 e. The molecule has 86 valence electrons. The van der Waals surface area contributed by atoms with Crippen LogP contribution in [-0.4, -0.2) is 4.57 Å². The van der Waals surface area contributed by atoms with Crippen LogP contribution in [0, 0.1) is 11.3 Å². The molecule has 0 fully saturated rings. The Morgan fingerprint density at radius 1 is 1.38 bits per heavy atom. The Hall–Kier alpha value is -1.56. The molecule has 0 spiro atoms. The lowest BCUT2D eigenvalue weighted by atomic mass is 10.1. The molecule has 3 nitrogen and oxygen atoms in total. The topological polar surface area (TPSA) is 45.8 Å². The second-order valence-corrected chi connectivity index (χ2v) is 4.37. The average Bonchev–Trinajstić information content (AvgIpc) is 2.27. The zero-order valence-electron chi connectivity index (χ0n) is 10.3. The maximum atomic E-state index is 12.1. The molecule has 1 aromatic heterocycles. The Balaban J connectivity index is 3.51. The van der Waals surface area contributed by atoms with Gasteiger partial charge in [0.2, 0.25) is 0 Å². The van der Waals surface area contributed by atoms with E-state index in [0.29, 0.717) is 0 Å². The van der Waals surface area contributed by atoms with E-state index in [1.165, 1.54) is 0 Å². The SMILES string of the molecule is CCC(C)n1c(C(C)C)ccc(C#N)c1=O. The largest absolute Gasteiger partial charge is 0.308 e. The third kappa shape index (κ3) is 2.16. The highest BCUT2D eigenvalue weighted by Gasteiger charge is 2.14. The molecule has 16 heavy (non-hydrogen) atoms. The third-order valence-electron chi connectivity index (χ3n) is 2.89. The highest BCUT2D eigenvalue weighted by Crippen LogP contribution is 2.18. The normalized spacial score (nSPS) is 12.5. The van der Waals surface area contributed by atoms with Gasteiger partial charge in [-0.25, -0.2) is 0 Å². The van der Waals surface area contributed by atoms with Crippen LogP contribution in [0.1, 0.15) is 57.3 Å². The van der Waals surface area contributed by atoms with E-state index in [1.54, 1.807) is 10.6 Å². The van der Waals surface area contributed by atoms with Crippen LogP contribution in [0.2, 0.25) is 0 Å². The summed E-state index contributed by atoms with van der Waals surface area (Å²) in [6, 6.07) is 5.59. The lowest BCUT2D eigenvalue weighted by molar-refractivity contribution is 0.483. The van der Waals surface area contributed by atoms with Gasteiger partial charge in [0.1, 0.15) is 11.6 Å². The van der Waals surface area contributed by atoms with Gasteiger partial charge in [0, 0.05) is 11.7 Å². The van der Waals surface area contributed by atoms with Crippen LogP contribution in [-0.2, 0) is 0 Å². The van der Waals surface area contributed by atoms with Gasteiger partial charge in [0.25, 0.3) is 5.56 Å². The van der Waals surface area contributed by atoms with Gasteiger partial charge in [-0.05, 0) is 31.4 Å². The standard InChI is InChI=1S/C13H18N2O/c1-5-10(4)15-12(9(2)3)7-6-11(8-14)13(15)16/h6-7,9-10H,5H2,1-4H3. The number of hydrogen-bond acceptors (Lipinski definition) is 2. The van der Waals surface area contributed by atoms with Crippen LogP contribution >= 0.6 is 0 Å². The number of nitriles is 1. The van der Waals surface area contributed by atoms with Crippen molar-refractivity contribution in [3.8, 4) is 6.07 Å². The van der Waals surface area contributed by atoms with Gasteiger partial charge in [-0.2, -0.15) is 5.26 Å². The molecule has 0 saturated carbocycles. The summed E-state index contributed by atoms with van der Waals surface area (Å²) >= 11 is 0. The van der Waals surface area contributed by atoms with E-state index in [2.05, 4.69) is 13.8 Å². The molecular formula is C13H18N2O. The zero-order valence-corrected chi connectivity index (χ0v) is 10.3. The molecule has 1 heterocycles. The van der Waals surface area contributed by atoms with E-state index in [1.807, 2.05) is 26.0 Å². The maximum Gasteiger partial charge on any atom is 0.268 e. The Labute approximate surface area is 96.3 Å². The summed E-state index contributed by atoms with van der Waals surface area (Å²) in [5.41, 5.74) is 1.06. The molecule has 0 aliphatic heterocycles. The summed E-state index contributed by atoms with van der Waals surface area (Å²) in [7, 11) is 0. The van der Waals surface area contributed by atoms with Gasteiger partial charge in [-0.15, -0.1) is 0 Å².